The fourth-order valence-corrected chi connectivity index (χ4v) is 3.94. The maximum absolute atomic E-state index is 12.9. The Kier molecular flexibility index (Phi) is 4.89. The number of aromatic nitrogens is 2. The standard InChI is InChI=1S/C21H19N3O2S/c1-26-19-7-3-2-6-16(19)14-24-17-8-10-27-20(17)11-18(24)21(25)23-13-15-5-4-9-22-12-15/h2-12H,13-14H2,1H3,(H,23,25). The molecule has 3 aromatic heterocycles. The van der Waals surface area contributed by atoms with Crippen molar-refractivity contribution in [3.8, 4) is 5.75 Å². The molecule has 0 aliphatic heterocycles. The van der Waals surface area contributed by atoms with E-state index in [0.717, 1.165) is 27.1 Å². The smallest absolute Gasteiger partial charge is 0.268 e. The molecule has 1 amide bonds. The highest BCUT2D eigenvalue weighted by Crippen LogP contribution is 2.28. The molecule has 0 saturated heterocycles. The Morgan fingerprint density at radius 2 is 2.11 bits per heavy atom. The molecule has 0 fully saturated rings. The van der Waals surface area contributed by atoms with Gasteiger partial charge in [-0.05, 0) is 35.2 Å². The quantitative estimate of drug-likeness (QED) is 0.551. The van der Waals surface area contributed by atoms with E-state index in [2.05, 4.69) is 10.3 Å². The number of methoxy groups -OCH3 is 1. The van der Waals surface area contributed by atoms with E-state index in [9.17, 15) is 4.79 Å². The second kappa shape index (κ2) is 7.63. The van der Waals surface area contributed by atoms with Gasteiger partial charge in [0.15, 0.2) is 0 Å². The van der Waals surface area contributed by atoms with Crippen LogP contribution < -0.4 is 10.1 Å². The number of rotatable bonds is 6. The van der Waals surface area contributed by atoms with Crippen LogP contribution in [-0.4, -0.2) is 22.6 Å². The van der Waals surface area contributed by atoms with Crippen LogP contribution in [0.1, 0.15) is 21.6 Å². The van der Waals surface area contributed by atoms with Gasteiger partial charge in [0.2, 0.25) is 0 Å². The van der Waals surface area contributed by atoms with Crippen LogP contribution in [0, 0.1) is 0 Å². The molecule has 4 aromatic rings. The highest BCUT2D eigenvalue weighted by molar-refractivity contribution is 7.17. The van der Waals surface area contributed by atoms with Crippen molar-refractivity contribution in [1.29, 1.82) is 0 Å². The first-order chi connectivity index (χ1) is 13.3. The van der Waals surface area contributed by atoms with Crippen molar-refractivity contribution >= 4 is 27.5 Å². The van der Waals surface area contributed by atoms with Gasteiger partial charge in [0.05, 0.1) is 23.9 Å². The zero-order valence-electron chi connectivity index (χ0n) is 14.9. The molecule has 1 aromatic carbocycles. The minimum Gasteiger partial charge on any atom is -0.496 e. The lowest BCUT2D eigenvalue weighted by atomic mass is 10.2. The van der Waals surface area contributed by atoms with Crippen molar-refractivity contribution in [2.45, 2.75) is 13.1 Å². The van der Waals surface area contributed by atoms with E-state index in [0.29, 0.717) is 18.8 Å². The van der Waals surface area contributed by atoms with Gasteiger partial charge in [-0.15, -0.1) is 11.3 Å². The topological polar surface area (TPSA) is 56.1 Å². The molecule has 0 radical (unpaired) electrons. The molecule has 0 saturated carbocycles. The third-order valence-electron chi connectivity index (χ3n) is 4.45. The van der Waals surface area contributed by atoms with Crippen molar-refractivity contribution in [2.24, 2.45) is 0 Å². The largest absolute Gasteiger partial charge is 0.496 e. The molecule has 0 unspecified atom stereocenters. The van der Waals surface area contributed by atoms with Crippen molar-refractivity contribution in [3.63, 3.8) is 0 Å². The van der Waals surface area contributed by atoms with Gasteiger partial charge in [0.25, 0.3) is 5.91 Å². The number of hydrogen-bond acceptors (Lipinski definition) is 4. The Hall–Kier alpha value is -3.12. The lowest BCUT2D eigenvalue weighted by Gasteiger charge is -2.13. The van der Waals surface area contributed by atoms with Crippen LogP contribution in [-0.2, 0) is 13.1 Å². The van der Waals surface area contributed by atoms with E-state index in [1.165, 1.54) is 0 Å². The molecule has 0 spiro atoms. The highest BCUT2D eigenvalue weighted by Gasteiger charge is 2.17. The fourth-order valence-electron chi connectivity index (χ4n) is 3.12. The summed E-state index contributed by atoms with van der Waals surface area (Å²) in [7, 11) is 1.66. The number of para-hydroxylation sites is 1. The normalized spacial score (nSPS) is 10.9. The molecule has 5 nitrogen and oxygen atoms in total. The van der Waals surface area contributed by atoms with Crippen LogP contribution in [0.3, 0.4) is 0 Å². The summed E-state index contributed by atoms with van der Waals surface area (Å²) >= 11 is 1.63. The summed E-state index contributed by atoms with van der Waals surface area (Å²) in [6.45, 7) is 1.01. The molecule has 0 bridgehead atoms. The van der Waals surface area contributed by atoms with E-state index in [4.69, 9.17) is 4.74 Å². The SMILES string of the molecule is COc1ccccc1Cn1c(C(=O)NCc2cccnc2)cc2sccc21. The minimum absolute atomic E-state index is 0.0999. The number of hydrogen-bond donors (Lipinski definition) is 1. The van der Waals surface area contributed by atoms with E-state index >= 15 is 0 Å². The number of amides is 1. The first-order valence-corrected chi connectivity index (χ1v) is 9.50. The van der Waals surface area contributed by atoms with Gasteiger partial charge >= 0.3 is 0 Å². The maximum atomic E-state index is 12.9. The van der Waals surface area contributed by atoms with Crippen LogP contribution in [0.15, 0.2) is 66.3 Å². The van der Waals surface area contributed by atoms with Gasteiger partial charge < -0.3 is 14.6 Å². The second-order valence-corrected chi connectivity index (χ2v) is 7.09. The van der Waals surface area contributed by atoms with Crippen molar-refractivity contribution in [3.05, 3.63) is 83.1 Å². The van der Waals surface area contributed by atoms with Crippen molar-refractivity contribution < 1.29 is 9.53 Å². The van der Waals surface area contributed by atoms with Crippen molar-refractivity contribution in [2.75, 3.05) is 7.11 Å². The molecule has 0 aliphatic rings. The Bertz CT molecular complexity index is 1070. The molecule has 0 atom stereocenters. The Balaban J connectivity index is 1.64. The van der Waals surface area contributed by atoms with E-state index < -0.39 is 0 Å². The van der Waals surface area contributed by atoms with Gasteiger partial charge in [0.1, 0.15) is 11.4 Å². The average molecular weight is 377 g/mol. The first-order valence-electron chi connectivity index (χ1n) is 8.62. The first kappa shape index (κ1) is 17.3. The number of carbonyl (C=O) groups excluding carboxylic acids is 1. The Morgan fingerprint density at radius 3 is 2.93 bits per heavy atom. The summed E-state index contributed by atoms with van der Waals surface area (Å²) in [5.41, 5.74) is 3.70. The van der Waals surface area contributed by atoms with Crippen LogP contribution >= 0.6 is 11.3 Å². The predicted molar refractivity (Wildman–Crippen MR) is 107 cm³/mol. The molecule has 3 heterocycles. The van der Waals surface area contributed by atoms with Crippen LogP contribution in [0.4, 0.5) is 0 Å². The number of benzene rings is 1. The molecule has 6 heteroatoms. The van der Waals surface area contributed by atoms with Gasteiger partial charge in [-0.1, -0.05) is 24.3 Å². The third kappa shape index (κ3) is 3.57. The minimum atomic E-state index is -0.0999. The number of nitrogens with zero attached hydrogens (tertiary/aromatic N) is 2. The fraction of sp³-hybridized carbons (Fsp3) is 0.143. The molecular formula is C21H19N3O2S. The molecule has 0 aliphatic carbocycles. The number of pyridine rings is 1. The molecule has 136 valence electrons. The summed E-state index contributed by atoms with van der Waals surface area (Å²) in [6, 6.07) is 15.7. The Morgan fingerprint density at radius 1 is 1.22 bits per heavy atom. The molecule has 4 rings (SSSR count). The summed E-state index contributed by atoms with van der Waals surface area (Å²) in [5, 5.41) is 5.04. The third-order valence-corrected chi connectivity index (χ3v) is 5.31. The van der Waals surface area contributed by atoms with E-state index in [1.807, 2.05) is 58.5 Å². The maximum Gasteiger partial charge on any atom is 0.268 e. The monoisotopic (exact) mass is 377 g/mol. The summed E-state index contributed by atoms with van der Waals surface area (Å²) in [4.78, 5) is 17.0. The van der Waals surface area contributed by atoms with Crippen LogP contribution in [0.25, 0.3) is 10.2 Å². The molecular weight excluding hydrogens is 358 g/mol. The number of thiophene rings is 1. The van der Waals surface area contributed by atoms with Crippen molar-refractivity contribution in [1.82, 2.24) is 14.9 Å². The number of ether oxygens (including phenoxy) is 1. The summed E-state index contributed by atoms with van der Waals surface area (Å²) in [5.74, 6) is 0.716. The van der Waals surface area contributed by atoms with Gasteiger partial charge in [-0.25, -0.2) is 0 Å². The van der Waals surface area contributed by atoms with Crippen LogP contribution in [0.5, 0.6) is 5.75 Å². The second-order valence-electron chi connectivity index (χ2n) is 6.14. The van der Waals surface area contributed by atoms with E-state index in [1.54, 1.807) is 30.8 Å². The van der Waals surface area contributed by atoms with Gasteiger partial charge in [-0.3, -0.25) is 9.78 Å². The lowest BCUT2D eigenvalue weighted by Crippen LogP contribution is -2.25. The molecule has 1 N–H and O–H groups in total. The summed E-state index contributed by atoms with van der Waals surface area (Å²) in [6.07, 6.45) is 3.48. The van der Waals surface area contributed by atoms with Gasteiger partial charge in [-0.2, -0.15) is 0 Å². The summed E-state index contributed by atoms with van der Waals surface area (Å²) < 4.78 is 8.61. The zero-order valence-corrected chi connectivity index (χ0v) is 15.7. The van der Waals surface area contributed by atoms with Crippen LogP contribution in [0.2, 0.25) is 0 Å². The Labute approximate surface area is 161 Å². The predicted octanol–water partition coefficient (Wildman–Crippen LogP) is 4.08. The highest BCUT2D eigenvalue weighted by atomic mass is 32.1. The lowest BCUT2D eigenvalue weighted by molar-refractivity contribution is 0.0942. The zero-order chi connectivity index (χ0) is 18.6. The number of nitrogens with one attached hydrogen (secondary N) is 1. The van der Waals surface area contributed by atoms with E-state index in [-0.39, 0.29) is 5.91 Å². The molecule has 27 heavy (non-hydrogen) atoms. The number of fused-ring (bicyclic) bond motifs is 1. The number of carbonyl (C=O) groups is 1. The average Bonchev–Trinajstić information content (AvgIpc) is 3.30. The van der Waals surface area contributed by atoms with Gasteiger partial charge in [0, 0.05) is 24.5 Å².